The molecule has 2 nitrogen and oxygen atoms in total. The molecule has 0 aromatic carbocycles. The highest BCUT2D eigenvalue weighted by molar-refractivity contribution is 7.11. The fourth-order valence-corrected chi connectivity index (χ4v) is 5.42. The van der Waals surface area contributed by atoms with E-state index < -0.39 is 0 Å². The van der Waals surface area contributed by atoms with E-state index in [1.165, 1.54) is 68.5 Å². The zero-order chi connectivity index (χ0) is 13.8. The van der Waals surface area contributed by atoms with Gasteiger partial charge in [-0.3, -0.25) is 0 Å². The first kappa shape index (κ1) is 13.3. The van der Waals surface area contributed by atoms with Crippen LogP contribution in [0.4, 0.5) is 0 Å². The van der Waals surface area contributed by atoms with E-state index in [4.69, 9.17) is 4.98 Å². The van der Waals surface area contributed by atoms with Gasteiger partial charge in [0.25, 0.3) is 0 Å². The Bertz CT molecular complexity index is 492. The number of rotatable bonds is 3. The SMILES string of the molecule is CC1(C)CCC(NC2CC2)(c2nc3c(s2)CCCC3)C1. The highest BCUT2D eigenvalue weighted by Gasteiger charge is 2.48. The van der Waals surface area contributed by atoms with Crippen molar-refractivity contribution in [1.29, 1.82) is 0 Å². The number of hydrogen-bond acceptors (Lipinski definition) is 3. The molecule has 1 N–H and O–H groups in total. The Kier molecular flexibility index (Phi) is 3.01. The maximum absolute atomic E-state index is 5.11. The molecule has 1 aromatic rings. The van der Waals surface area contributed by atoms with Crippen molar-refractivity contribution in [3.63, 3.8) is 0 Å². The van der Waals surface area contributed by atoms with Crippen molar-refractivity contribution in [2.45, 2.75) is 83.2 Å². The van der Waals surface area contributed by atoms with E-state index >= 15 is 0 Å². The molecule has 2 fully saturated rings. The summed E-state index contributed by atoms with van der Waals surface area (Å²) in [6.07, 6.45) is 11.8. The third-order valence-electron chi connectivity index (χ3n) is 5.32. The van der Waals surface area contributed by atoms with E-state index in [1.54, 1.807) is 4.88 Å². The monoisotopic (exact) mass is 290 g/mol. The van der Waals surface area contributed by atoms with Crippen molar-refractivity contribution in [2.24, 2.45) is 5.41 Å². The zero-order valence-electron chi connectivity index (χ0n) is 12.8. The van der Waals surface area contributed by atoms with Gasteiger partial charge in [0.15, 0.2) is 0 Å². The number of aromatic nitrogens is 1. The molecule has 110 valence electrons. The summed E-state index contributed by atoms with van der Waals surface area (Å²) in [6.45, 7) is 4.85. The van der Waals surface area contributed by atoms with E-state index in [2.05, 4.69) is 19.2 Å². The lowest BCUT2D eigenvalue weighted by molar-refractivity contribution is 0.285. The third kappa shape index (κ3) is 2.33. The smallest absolute Gasteiger partial charge is 0.113 e. The van der Waals surface area contributed by atoms with E-state index in [-0.39, 0.29) is 5.54 Å². The second-order valence-electron chi connectivity index (χ2n) is 7.94. The van der Waals surface area contributed by atoms with Gasteiger partial charge in [-0.1, -0.05) is 13.8 Å². The van der Waals surface area contributed by atoms with Crippen LogP contribution in [0.5, 0.6) is 0 Å². The van der Waals surface area contributed by atoms with Crippen molar-refractivity contribution in [3.8, 4) is 0 Å². The quantitative estimate of drug-likeness (QED) is 0.903. The van der Waals surface area contributed by atoms with E-state index in [9.17, 15) is 0 Å². The summed E-state index contributed by atoms with van der Waals surface area (Å²) >= 11 is 2.03. The molecule has 4 rings (SSSR count). The van der Waals surface area contributed by atoms with Gasteiger partial charge in [-0.2, -0.15) is 0 Å². The van der Waals surface area contributed by atoms with Gasteiger partial charge in [-0.05, 0) is 63.2 Å². The van der Waals surface area contributed by atoms with Gasteiger partial charge in [0.1, 0.15) is 5.01 Å². The number of nitrogens with one attached hydrogen (secondary N) is 1. The van der Waals surface area contributed by atoms with Gasteiger partial charge in [0.05, 0.1) is 11.2 Å². The summed E-state index contributed by atoms with van der Waals surface area (Å²) in [7, 11) is 0. The van der Waals surface area contributed by atoms with Crippen molar-refractivity contribution >= 4 is 11.3 Å². The second-order valence-corrected chi connectivity index (χ2v) is 9.02. The summed E-state index contributed by atoms with van der Waals surface area (Å²) in [6, 6.07) is 0.768. The first-order valence-corrected chi connectivity index (χ1v) is 9.15. The summed E-state index contributed by atoms with van der Waals surface area (Å²) < 4.78 is 0. The van der Waals surface area contributed by atoms with Gasteiger partial charge < -0.3 is 5.32 Å². The molecule has 1 atom stereocenters. The molecule has 0 amide bonds. The molecule has 1 aromatic heterocycles. The largest absolute Gasteiger partial charge is 0.303 e. The number of nitrogens with zero attached hydrogens (tertiary/aromatic N) is 1. The molecule has 3 aliphatic carbocycles. The van der Waals surface area contributed by atoms with Gasteiger partial charge in [0.2, 0.25) is 0 Å². The van der Waals surface area contributed by atoms with Crippen molar-refractivity contribution in [2.75, 3.05) is 0 Å². The molecule has 0 bridgehead atoms. The molecule has 20 heavy (non-hydrogen) atoms. The Hall–Kier alpha value is -0.410. The van der Waals surface area contributed by atoms with Crippen LogP contribution in [0.2, 0.25) is 0 Å². The van der Waals surface area contributed by atoms with Crippen LogP contribution in [0.3, 0.4) is 0 Å². The minimum Gasteiger partial charge on any atom is -0.303 e. The maximum atomic E-state index is 5.11. The average Bonchev–Trinajstić information content (AvgIpc) is 3.00. The van der Waals surface area contributed by atoms with Gasteiger partial charge in [-0.15, -0.1) is 11.3 Å². The highest BCUT2D eigenvalue weighted by Crippen LogP contribution is 2.51. The van der Waals surface area contributed by atoms with Crippen molar-refractivity contribution in [1.82, 2.24) is 10.3 Å². The van der Waals surface area contributed by atoms with Crippen LogP contribution in [0, 0.1) is 5.41 Å². The lowest BCUT2D eigenvalue weighted by Crippen LogP contribution is -2.42. The Morgan fingerprint density at radius 3 is 2.60 bits per heavy atom. The highest BCUT2D eigenvalue weighted by atomic mass is 32.1. The fourth-order valence-electron chi connectivity index (χ4n) is 4.09. The van der Waals surface area contributed by atoms with Gasteiger partial charge in [0, 0.05) is 10.9 Å². The normalized spacial score (nSPS) is 32.3. The van der Waals surface area contributed by atoms with Crippen LogP contribution in [0.1, 0.15) is 74.4 Å². The topological polar surface area (TPSA) is 24.9 Å². The first-order valence-electron chi connectivity index (χ1n) is 8.33. The Labute approximate surface area is 126 Å². The molecule has 2 saturated carbocycles. The molecule has 0 saturated heterocycles. The number of fused-ring (bicyclic) bond motifs is 1. The number of aryl methyl sites for hydroxylation is 2. The van der Waals surface area contributed by atoms with Crippen molar-refractivity contribution in [3.05, 3.63) is 15.6 Å². The van der Waals surface area contributed by atoms with Crippen LogP contribution >= 0.6 is 11.3 Å². The molecule has 1 heterocycles. The standard InChI is InChI=1S/C17H26N2S/c1-16(2)9-10-17(11-16,19-12-7-8-12)15-18-13-5-3-4-6-14(13)20-15/h12,19H,3-11H2,1-2H3. The predicted molar refractivity (Wildman–Crippen MR) is 84.2 cm³/mol. The molecule has 0 aliphatic heterocycles. The van der Waals surface area contributed by atoms with Crippen LogP contribution in [-0.2, 0) is 18.4 Å². The summed E-state index contributed by atoms with van der Waals surface area (Å²) in [5, 5.41) is 5.41. The predicted octanol–water partition coefficient (Wildman–Crippen LogP) is 4.18. The fraction of sp³-hybridized carbons (Fsp3) is 0.824. The zero-order valence-corrected chi connectivity index (χ0v) is 13.6. The van der Waals surface area contributed by atoms with E-state index in [0.717, 1.165) is 6.04 Å². The lowest BCUT2D eigenvalue weighted by atomic mass is 9.87. The minimum absolute atomic E-state index is 0.201. The minimum atomic E-state index is 0.201. The number of thiazole rings is 1. The second kappa shape index (κ2) is 4.54. The summed E-state index contributed by atoms with van der Waals surface area (Å²) in [5.41, 5.74) is 2.10. The summed E-state index contributed by atoms with van der Waals surface area (Å²) in [4.78, 5) is 6.70. The molecular weight excluding hydrogens is 264 g/mol. The Morgan fingerprint density at radius 2 is 1.95 bits per heavy atom. The average molecular weight is 290 g/mol. The van der Waals surface area contributed by atoms with Gasteiger partial charge >= 0.3 is 0 Å². The van der Waals surface area contributed by atoms with Crippen LogP contribution in [0.15, 0.2) is 0 Å². The molecule has 3 aliphatic rings. The van der Waals surface area contributed by atoms with Crippen molar-refractivity contribution < 1.29 is 0 Å². The first-order chi connectivity index (χ1) is 9.56. The van der Waals surface area contributed by atoms with Gasteiger partial charge in [-0.25, -0.2) is 4.98 Å². The van der Waals surface area contributed by atoms with E-state index in [1.807, 2.05) is 11.3 Å². The maximum Gasteiger partial charge on any atom is 0.113 e. The summed E-state index contributed by atoms with van der Waals surface area (Å²) in [5.74, 6) is 0. The molecular formula is C17H26N2S. The molecule has 3 heteroatoms. The Morgan fingerprint density at radius 1 is 1.15 bits per heavy atom. The van der Waals surface area contributed by atoms with Crippen LogP contribution in [-0.4, -0.2) is 11.0 Å². The number of hydrogen-bond donors (Lipinski definition) is 1. The van der Waals surface area contributed by atoms with Crippen LogP contribution in [0.25, 0.3) is 0 Å². The van der Waals surface area contributed by atoms with Crippen LogP contribution < -0.4 is 5.32 Å². The van der Waals surface area contributed by atoms with E-state index in [0.29, 0.717) is 5.41 Å². The third-order valence-corrected chi connectivity index (χ3v) is 6.68. The molecule has 1 unspecified atom stereocenters. The molecule has 0 spiro atoms. The molecule has 0 radical (unpaired) electrons. The lowest BCUT2D eigenvalue weighted by Gasteiger charge is -2.30. The Balaban J connectivity index is 1.68.